The lowest BCUT2D eigenvalue weighted by Gasteiger charge is -2.01. The summed E-state index contributed by atoms with van der Waals surface area (Å²) in [4.78, 5) is 21.5. The number of nitrogens with zero attached hydrogens (tertiary/aromatic N) is 2. The van der Waals surface area contributed by atoms with E-state index in [0.717, 1.165) is 33.9 Å². The number of anilines is 1. The average molecular weight is 440 g/mol. The largest absolute Gasteiger partial charge is 0.302 e. The van der Waals surface area contributed by atoms with Crippen molar-refractivity contribution in [1.29, 1.82) is 0 Å². The molecule has 0 aliphatic rings. The van der Waals surface area contributed by atoms with E-state index in [1.165, 1.54) is 16.9 Å². The zero-order valence-electron chi connectivity index (χ0n) is 15.7. The Morgan fingerprint density at radius 2 is 1.83 bits per heavy atom. The maximum atomic E-state index is 12.4. The molecule has 4 aromatic rings. The molecular formula is C22H18ClN3OS2. The minimum Gasteiger partial charge on any atom is -0.302 e. The van der Waals surface area contributed by atoms with Gasteiger partial charge in [-0.15, -0.1) is 22.7 Å². The molecule has 2 aromatic heterocycles. The average Bonchev–Trinajstić information content (AvgIpc) is 3.38. The number of thiazole rings is 2. The first-order valence-corrected chi connectivity index (χ1v) is 11.3. The third-order valence-electron chi connectivity index (χ3n) is 4.40. The lowest BCUT2D eigenvalue weighted by molar-refractivity contribution is -0.115. The lowest BCUT2D eigenvalue weighted by Crippen LogP contribution is -2.14. The SMILES string of the molecule is CCc1ccc(-c2nc(CC(=O)Nc3nc(-c4ccccc4Cl)cs3)cs2)cc1. The summed E-state index contributed by atoms with van der Waals surface area (Å²) in [5, 5.41) is 8.78. The molecule has 2 heterocycles. The van der Waals surface area contributed by atoms with Crippen molar-refractivity contribution in [2.24, 2.45) is 0 Å². The van der Waals surface area contributed by atoms with Crippen molar-refractivity contribution in [2.75, 3.05) is 5.32 Å². The van der Waals surface area contributed by atoms with E-state index in [1.54, 1.807) is 11.3 Å². The fourth-order valence-corrected chi connectivity index (χ4v) is 4.64. The summed E-state index contributed by atoms with van der Waals surface area (Å²) in [6.07, 6.45) is 1.23. The third-order valence-corrected chi connectivity index (χ3v) is 6.43. The predicted octanol–water partition coefficient (Wildman–Crippen LogP) is 6.33. The van der Waals surface area contributed by atoms with Crippen LogP contribution in [0.25, 0.3) is 21.8 Å². The van der Waals surface area contributed by atoms with E-state index >= 15 is 0 Å². The van der Waals surface area contributed by atoms with Crippen LogP contribution in [-0.2, 0) is 17.6 Å². The molecule has 0 radical (unpaired) electrons. The molecule has 7 heteroatoms. The van der Waals surface area contributed by atoms with Gasteiger partial charge in [0.1, 0.15) is 5.01 Å². The molecule has 1 amide bonds. The van der Waals surface area contributed by atoms with Gasteiger partial charge < -0.3 is 5.32 Å². The predicted molar refractivity (Wildman–Crippen MR) is 122 cm³/mol. The maximum absolute atomic E-state index is 12.4. The van der Waals surface area contributed by atoms with Crippen molar-refractivity contribution < 1.29 is 4.79 Å². The second kappa shape index (κ2) is 8.86. The number of carbonyl (C=O) groups excluding carboxylic acids is 1. The maximum Gasteiger partial charge on any atom is 0.232 e. The molecule has 0 spiro atoms. The van der Waals surface area contributed by atoms with Crippen molar-refractivity contribution >= 4 is 45.3 Å². The molecule has 0 unspecified atom stereocenters. The van der Waals surface area contributed by atoms with Gasteiger partial charge in [0.05, 0.1) is 17.8 Å². The van der Waals surface area contributed by atoms with Gasteiger partial charge in [-0.3, -0.25) is 4.79 Å². The second-order valence-electron chi connectivity index (χ2n) is 6.44. The fraction of sp³-hybridized carbons (Fsp3) is 0.136. The Balaban J connectivity index is 1.40. The number of rotatable bonds is 6. The minimum absolute atomic E-state index is 0.136. The molecule has 0 saturated heterocycles. The van der Waals surface area contributed by atoms with Crippen molar-refractivity contribution in [3.63, 3.8) is 0 Å². The highest BCUT2D eigenvalue weighted by Crippen LogP contribution is 2.30. The van der Waals surface area contributed by atoms with Gasteiger partial charge in [0.2, 0.25) is 5.91 Å². The molecule has 0 atom stereocenters. The molecule has 29 heavy (non-hydrogen) atoms. The number of hydrogen-bond donors (Lipinski definition) is 1. The van der Waals surface area contributed by atoms with Crippen LogP contribution in [0.15, 0.2) is 59.3 Å². The summed E-state index contributed by atoms with van der Waals surface area (Å²) in [6.45, 7) is 2.13. The van der Waals surface area contributed by atoms with Gasteiger partial charge in [-0.1, -0.05) is 61.0 Å². The Morgan fingerprint density at radius 1 is 1.03 bits per heavy atom. The number of benzene rings is 2. The summed E-state index contributed by atoms with van der Waals surface area (Å²) in [5.74, 6) is -0.136. The Labute approximate surface area is 182 Å². The van der Waals surface area contributed by atoms with Crippen LogP contribution in [0.1, 0.15) is 18.2 Å². The molecule has 0 aliphatic carbocycles. The van der Waals surface area contributed by atoms with Gasteiger partial charge in [0.25, 0.3) is 0 Å². The van der Waals surface area contributed by atoms with Gasteiger partial charge in [0, 0.05) is 26.9 Å². The molecular weight excluding hydrogens is 422 g/mol. The normalized spacial score (nSPS) is 10.8. The summed E-state index contributed by atoms with van der Waals surface area (Å²) in [7, 11) is 0. The molecule has 0 aliphatic heterocycles. The molecule has 2 aromatic carbocycles. The van der Waals surface area contributed by atoms with Crippen LogP contribution >= 0.6 is 34.3 Å². The molecule has 146 valence electrons. The van der Waals surface area contributed by atoms with E-state index in [4.69, 9.17) is 11.6 Å². The molecule has 4 rings (SSSR count). The highest BCUT2D eigenvalue weighted by atomic mass is 35.5. The van der Waals surface area contributed by atoms with E-state index < -0.39 is 0 Å². The van der Waals surface area contributed by atoms with Crippen molar-refractivity contribution in [3.8, 4) is 21.8 Å². The van der Waals surface area contributed by atoms with Crippen LogP contribution in [0.2, 0.25) is 5.02 Å². The quantitative estimate of drug-likeness (QED) is 0.382. The first-order chi connectivity index (χ1) is 14.1. The molecule has 0 saturated carbocycles. The van der Waals surface area contributed by atoms with Gasteiger partial charge in [-0.25, -0.2) is 9.97 Å². The topological polar surface area (TPSA) is 54.9 Å². The summed E-state index contributed by atoms with van der Waals surface area (Å²) in [6, 6.07) is 15.9. The minimum atomic E-state index is -0.136. The highest BCUT2D eigenvalue weighted by Gasteiger charge is 2.13. The van der Waals surface area contributed by atoms with Gasteiger partial charge in [-0.05, 0) is 18.1 Å². The van der Waals surface area contributed by atoms with Crippen LogP contribution < -0.4 is 5.32 Å². The van der Waals surface area contributed by atoms with E-state index in [0.29, 0.717) is 10.2 Å². The van der Waals surface area contributed by atoms with Crippen molar-refractivity contribution in [2.45, 2.75) is 19.8 Å². The number of nitrogens with one attached hydrogen (secondary N) is 1. The molecule has 1 N–H and O–H groups in total. The monoisotopic (exact) mass is 439 g/mol. The standard InChI is InChI=1S/C22H18ClN3OS2/c1-2-14-7-9-15(10-8-14)21-24-16(12-28-21)11-20(27)26-22-25-19(13-29-22)17-5-3-4-6-18(17)23/h3-10,12-13H,2,11H2,1H3,(H,25,26,27). The number of carbonyl (C=O) groups is 1. The number of amides is 1. The molecule has 0 bridgehead atoms. The number of hydrogen-bond acceptors (Lipinski definition) is 5. The number of aromatic nitrogens is 2. The smallest absolute Gasteiger partial charge is 0.232 e. The van der Waals surface area contributed by atoms with E-state index in [1.807, 2.05) is 35.0 Å². The van der Waals surface area contributed by atoms with Crippen molar-refractivity contribution in [3.05, 3.63) is 75.6 Å². The highest BCUT2D eigenvalue weighted by molar-refractivity contribution is 7.14. The molecule has 4 nitrogen and oxygen atoms in total. The van der Waals surface area contributed by atoms with E-state index in [2.05, 4.69) is 46.5 Å². The van der Waals surface area contributed by atoms with Gasteiger partial charge in [0.15, 0.2) is 5.13 Å². The Bertz CT molecular complexity index is 1130. The lowest BCUT2D eigenvalue weighted by atomic mass is 10.1. The summed E-state index contributed by atoms with van der Waals surface area (Å²) >= 11 is 9.15. The summed E-state index contributed by atoms with van der Waals surface area (Å²) < 4.78 is 0. The zero-order chi connectivity index (χ0) is 20.2. The van der Waals surface area contributed by atoms with Gasteiger partial charge >= 0.3 is 0 Å². The van der Waals surface area contributed by atoms with Gasteiger partial charge in [-0.2, -0.15) is 0 Å². The first kappa shape index (κ1) is 19.8. The van der Waals surface area contributed by atoms with Crippen molar-refractivity contribution in [1.82, 2.24) is 9.97 Å². The number of halogens is 1. The molecule has 0 fully saturated rings. The zero-order valence-corrected chi connectivity index (χ0v) is 18.1. The van der Waals surface area contributed by atoms with Crippen LogP contribution in [0, 0.1) is 0 Å². The Morgan fingerprint density at radius 3 is 2.59 bits per heavy atom. The van der Waals surface area contributed by atoms with E-state index in [9.17, 15) is 4.79 Å². The fourth-order valence-electron chi connectivity index (χ4n) is 2.86. The first-order valence-electron chi connectivity index (χ1n) is 9.16. The Kier molecular flexibility index (Phi) is 6.04. The van der Waals surface area contributed by atoms with Crippen LogP contribution in [-0.4, -0.2) is 15.9 Å². The van der Waals surface area contributed by atoms with Crippen LogP contribution in [0.4, 0.5) is 5.13 Å². The van der Waals surface area contributed by atoms with Crippen LogP contribution in [0.5, 0.6) is 0 Å². The van der Waals surface area contributed by atoms with E-state index in [-0.39, 0.29) is 12.3 Å². The summed E-state index contributed by atoms with van der Waals surface area (Å²) in [5.41, 5.74) is 4.73. The Hall–Kier alpha value is -2.54. The second-order valence-corrected chi connectivity index (χ2v) is 8.56. The third kappa shape index (κ3) is 4.72. The van der Waals surface area contributed by atoms with Crippen LogP contribution in [0.3, 0.4) is 0 Å². The number of aryl methyl sites for hydroxylation is 1.